The number of nitrogens with zero attached hydrogens (tertiary/aromatic N) is 1. The maximum atomic E-state index is 14.4. The number of aliphatic hydroxyl groups is 1. The average molecular weight is 675 g/mol. The van der Waals surface area contributed by atoms with E-state index in [9.17, 15) is 4.79 Å². The van der Waals surface area contributed by atoms with Crippen molar-refractivity contribution in [3.05, 3.63) is 124 Å². The molecule has 0 fully saturated rings. The van der Waals surface area contributed by atoms with Gasteiger partial charge in [0.25, 0.3) is 5.91 Å². The van der Waals surface area contributed by atoms with E-state index in [0.29, 0.717) is 41.7 Å². The summed E-state index contributed by atoms with van der Waals surface area (Å²) in [6.45, 7) is 0.758. The molecule has 0 saturated carbocycles. The van der Waals surface area contributed by atoms with Gasteiger partial charge in [-0.3, -0.25) is 10.2 Å². The first-order valence-corrected chi connectivity index (χ1v) is 15.4. The van der Waals surface area contributed by atoms with Crippen molar-refractivity contribution in [1.29, 1.82) is 0 Å². The van der Waals surface area contributed by atoms with E-state index in [-0.39, 0.29) is 25.5 Å². The normalized spacial score (nSPS) is 17.2. The summed E-state index contributed by atoms with van der Waals surface area (Å²) in [6, 6.07) is 30.4. The minimum absolute atomic E-state index is 0.0636. The molecule has 5 rings (SSSR count). The van der Waals surface area contributed by atoms with Crippen molar-refractivity contribution >= 4 is 27.7 Å². The predicted molar refractivity (Wildman–Crippen MR) is 176 cm³/mol. The smallest absolute Gasteiger partial charge is 0.266 e. The molecular weight excluding hydrogens is 638 g/mol. The van der Waals surface area contributed by atoms with Gasteiger partial charge in [-0.05, 0) is 53.6 Å². The quantitative estimate of drug-likeness (QED) is 0.119. The lowest BCUT2D eigenvalue weighted by Crippen LogP contribution is -2.53. The van der Waals surface area contributed by atoms with E-state index in [1.807, 2.05) is 97.1 Å². The zero-order chi connectivity index (χ0) is 31.6. The van der Waals surface area contributed by atoms with Crippen molar-refractivity contribution in [1.82, 2.24) is 10.9 Å². The second-order valence-corrected chi connectivity index (χ2v) is 11.4. The van der Waals surface area contributed by atoms with Gasteiger partial charge >= 0.3 is 0 Å². The zero-order valence-electron chi connectivity index (χ0n) is 25.2. The number of aliphatic hydroxyl groups excluding tert-OH is 1. The van der Waals surface area contributed by atoms with Gasteiger partial charge in [0.1, 0.15) is 5.75 Å². The average Bonchev–Trinajstić information content (AvgIpc) is 3.46. The Balaban J connectivity index is 1.49. The molecule has 234 valence electrons. The van der Waals surface area contributed by atoms with Gasteiger partial charge in [0, 0.05) is 41.6 Å². The van der Waals surface area contributed by atoms with E-state index in [1.165, 1.54) is 0 Å². The third-order valence-electron chi connectivity index (χ3n) is 7.48. The van der Waals surface area contributed by atoms with Crippen LogP contribution in [0.5, 0.6) is 17.2 Å². The van der Waals surface area contributed by atoms with Crippen molar-refractivity contribution in [3.63, 3.8) is 0 Å². The van der Waals surface area contributed by atoms with E-state index in [2.05, 4.69) is 26.8 Å². The summed E-state index contributed by atoms with van der Waals surface area (Å²) in [5.41, 5.74) is 7.92. The fourth-order valence-electron chi connectivity index (χ4n) is 5.24. The van der Waals surface area contributed by atoms with Gasteiger partial charge in [0.15, 0.2) is 23.1 Å². The number of benzene rings is 4. The maximum absolute atomic E-state index is 14.4. The van der Waals surface area contributed by atoms with E-state index < -0.39 is 11.6 Å². The van der Waals surface area contributed by atoms with Crippen LogP contribution in [0.25, 0.3) is 0 Å². The Labute approximate surface area is 271 Å². The van der Waals surface area contributed by atoms with Crippen molar-refractivity contribution < 1.29 is 28.8 Å². The first-order valence-electron chi connectivity index (χ1n) is 14.6. The highest BCUT2D eigenvalue weighted by Crippen LogP contribution is 2.42. The number of methoxy groups -OCH3 is 2. The molecule has 4 aromatic carbocycles. The number of hydrogen-bond donors (Lipinski definition) is 3. The summed E-state index contributed by atoms with van der Waals surface area (Å²) < 4.78 is 24.2. The monoisotopic (exact) mass is 673 g/mol. The van der Waals surface area contributed by atoms with Crippen LogP contribution < -0.4 is 25.1 Å². The van der Waals surface area contributed by atoms with E-state index in [1.54, 1.807) is 14.2 Å². The molecular formula is C35H36BrN3O6. The van der Waals surface area contributed by atoms with Gasteiger partial charge in [0.05, 0.1) is 20.8 Å². The minimum Gasteiger partial charge on any atom is -0.494 e. The van der Waals surface area contributed by atoms with Crippen LogP contribution in [-0.2, 0) is 22.5 Å². The molecule has 0 bridgehead atoms. The van der Waals surface area contributed by atoms with E-state index in [0.717, 1.165) is 21.2 Å². The molecule has 0 saturated heterocycles. The molecule has 0 spiro atoms. The number of ether oxygens (including phenoxy) is 4. The second kappa shape index (κ2) is 15.1. The van der Waals surface area contributed by atoms with Gasteiger partial charge in [-0.25, -0.2) is 10.4 Å². The van der Waals surface area contributed by atoms with Crippen LogP contribution in [0.3, 0.4) is 0 Å². The van der Waals surface area contributed by atoms with Crippen LogP contribution in [0, 0.1) is 0 Å². The summed E-state index contributed by atoms with van der Waals surface area (Å²) >= 11 is 3.51. The molecule has 9 nitrogen and oxygen atoms in total. The number of carbonyl (C=O) groups is 1. The van der Waals surface area contributed by atoms with Gasteiger partial charge in [0.2, 0.25) is 5.90 Å². The first-order chi connectivity index (χ1) is 22.0. The molecule has 10 heteroatoms. The number of carbonyl (C=O) groups excluding carboxylic acids is 1. The van der Waals surface area contributed by atoms with Crippen LogP contribution in [-0.4, -0.2) is 49.9 Å². The number of aliphatic imine (C=N–C) groups is 1. The number of para-hydroxylation sites is 1. The first kappa shape index (κ1) is 32.0. The summed E-state index contributed by atoms with van der Waals surface area (Å²) in [4.78, 5) is 19.5. The zero-order valence-corrected chi connectivity index (χ0v) is 26.8. The lowest BCUT2D eigenvalue weighted by atomic mass is 9.82. The molecule has 1 amide bonds. The standard InChI is InChI=1S/C35H36BrN3O6/c1-42-30-11-6-10-27(31(30)43-2)23-37-39-34(41)35(22-24-12-16-28(36)17-13-24)32(25-8-4-3-5-9-25)45-33(38-35)26-14-18-29(19-15-26)44-21-7-20-40/h3-6,8-19,32,37,40H,7,20-23H2,1-2H3,(H,39,41)/t32-,35-/m0/s1. The Morgan fingerprint density at radius 2 is 1.71 bits per heavy atom. The molecule has 0 aromatic heterocycles. The molecule has 3 N–H and O–H groups in total. The van der Waals surface area contributed by atoms with E-state index in [4.69, 9.17) is 29.0 Å². The molecule has 0 radical (unpaired) electrons. The third kappa shape index (κ3) is 7.47. The van der Waals surface area contributed by atoms with Crippen LogP contribution >= 0.6 is 15.9 Å². The number of nitrogens with one attached hydrogen (secondary N) is 2. The van der Waals surface area contributed by atoms with Crippen molar-refractivity contribution in [2.24, 2.45) is 4.99 Å². The summed E-state index contributed by atoms with van der Waals surface area (Å²) in [5, 5.41) is 9.06. The number of hydrogen-bond acceptors (Lipinski definition) is 8. The fraction of sp³-hybridized carbons (Fsp3) is 0.257. The van der Waals surface area contributed by atoms with E-state index >= 15 is 0 Å². The largest absolute Gasteiger partial charge is 0.494 e. The Hall–Kier alpha value is -4.38. The molecule has 1 aliphatic heterocycles. The third-order valence-corrected chi connectivity index (χ3v) is 8.01. The van der Waals surface area contributed by atoms with Gasteiger partial charge < -0.3 is 24.1 Å². The van der Waals surface area contributed by atoms with Gasteiger partial charge in [-0.2, -0.15) is 0 Å². The number of halogens is 1. The summed E-state index contributed by atoms with van der Waals surface area (Å²) in [7, 11) is 3.16. The van der Waals surface area contributed by atoms with Crippen LogP contribution in [0.2, 0.25) is 0 Å². The predicted octanol–water partition coefficient (Wildman–Crippen LogP) is 5.55. The molecule has 0 aliphatic carbocycles. The Kier molecular flexibility index (Phi) is 10.7. The maximum Gasteiger partial charge on any atom is 0.266 e. The number of amides is 1. The van der Waals surface area contributed by atoms with Crippen molar-refractivity contribution in [2.45, 2.75) is 31.0 Å². The topological polar surface area (TPSA) is 111 Å². The number of hydrazine groups is 1. The molecule has 1 heterocycles. The fourth-order valence-corrected chi connectivity index (χ4v) is 5.51. The molecule has 1 aliphatic rings. The van der Waals surface area contributed by atoms with Gasteiger partial charge in [-0.15, -0.1) is 0 Å². The lowest BCUT2D eigenvalue weighted by molar-refractivity contribution is -0.130. The minimum atomic E-state index is -1.35. The van der Waals surface area contributed by atoms with Crippen LogP contribution in [0.15, 0.2) is 107 Å². The van der Waals surface area contributed by atoms with Crippen LogP contribution in [0.1, 0.15) is 34.8 Å². The van der Waals surface area contributed by atoms with Crippen molar-refractivity contribution in [3.8, 4) is 17.2 Å². The SMILES string of the molecule is COc1cccc(CNNC(=O)[C@@]2(Cc3ccc(Br)cc3)N=C(c3ccc(OCCCO)cc3)O[C@H]2c2ccccc2)c1OC. The Bertz CT molecular complexity index is 1600. The highest BCUT2D eigenvalue weighted by atomic mass is 79.9. The summed E-state index contributed by atoms with van der Waals surface area (Å²) in [5.74, 6) is 1.86. The lowest BCUT2D eigenvalue weighted by Gasteiger charge is -2.31. The summed E-state index contributed by atoms with van der Waals surface area (Å²) in [6.07, 6.45) is 0.107. The molecule has 0 unspecified atom stereocenters. The number of rotatable bonds is 14. The van der Waals surface area contributed by atoms with Crippen LogP contribution in [0.4, 0.5) is 0 Å². The van der Waals surface area contributed by atoms with Crippen molar-refractivity contribution in [2.75, 3.05) is 27.4 Å². The molecule has 4 aromatic rings. The Morgan fingerprint density at radius 1 is 0.956 bits per heavy atom. The van der Waals surface area contributed by atoms with Gasteiger partial charge in [-0.1, -0.05) is 70.5 Å². The second-order valence-electron chi connectivity index (χ2n) is 10.5. The molecule has 2 atom stereocenters. The Morgan fingerprint density at radius 3 is 2.40 bits per heavy atom. The highest BCUT2D eigenvalue weighted by molar-refractivity contribution is 9.10. The highest BCUT2D eigenvalue weighted by Gasteiger charge is 2.53. The molecule has 45 heavy (non-hydrogen) atoms.